The highest BCUT2D eigenvalue weighted by Crippen LogP contribution is 2.30. The lowest BCUT2D eigenvalue weighted by molar-refractivity contribution is -0.133. The molecule has 19 heavy (non-hydrogen) atoms. The van der Waals surface area contributed by atoms with E-state index in [1.165, 1.54) is 11.3 Å². The van der Waals surface area contributed by atoms with Crippen molar-refractivity contribution in [2.45, 2.75) is 52.1 Å². The van der Waals surface area contributed by atoms with Crippen molar-refractivity contribution in [2.24, 2.45) is 5.73 Å². The van der Waals surface area contributed by atoms with Crippen molar-refractivity contribution in [3.8, 4) is 0 Å². The van der Waals surface area contributed by atoms with Gasteiger partial charge in [-0.2, -0.15) is 0 Å². The van der Waals surface area contributed by atoms with Crippen molar-refractivity contribution in [3.63, 3.8) is 0 Å². The summed E-state index contributed by atoms with van der Waals surface area (Å²) in [6.45, 7) is 7.57. The van der Waals surface area contributed by atoms with Gasteiger partial charge in [-0.3, -0.25) is 4.79 Å². The van der Waals surface area contributed by atoms with Gasteiger partial charge in [0.25, 0.3) is 0 Å². The molecule has 2 atom stereocenters. The standard InChI is InChI=1S/C15H25N3O/c1-4-17(5-2)15(19)11(3)18-10-9-12-13(16)7-6-8-14(12)18/h9-11,13H,4-8,16H2,1-3H3. The fourth-order valence-electron chi connectivity index (χ4n) is 3.03. The lowest BCUT2D eigenvalue weighted by atomic mass is 9.93. The normalized spacial score (nSPS) is 19.9. The number of hydrogen-bond acceptors (Lipinski definition) is 2. The smallest absolute Gasteiger partial charge is 0.245 e. The van der Waals surface area contributed by atoms with Gasteiger partial charge in [0.05, 0.1) is 0 Å². The molecule has 0 spiro atoms. The number of carbonyl (C=O) groups excluding carboxylic acids is 1. The number of carbonyl (C=O) groups is 1. The Kier molecular flexibility index (Phi) is 4.30. The van der Waals surface area contributed by atoms with Gasteiger partial charge in [0, 0.05) is 31.0 Å². The molecular formula is C15H25N3O. The first kappa shape index (κ1) is 14.1. The average molecular weight is 263 g/mol. The van der Waals surface area contributed by atoms with Gasteiger partial charge in [-0.05, 0) is 51.7 Å². The number of rotatable bonds is 4. The molecule has 0 fully saturated rings. The van der Waals surface area contributed by atoms with Gasteiger partial charge in [0.2, 0.25) is 5.91 Å². The van der Waals surface area contributed by atoms with Crippen molar-refractivity contribution in [3.05, 3.63) is 23.5 Å². The van der Waals surface area contributed by atoms with Crippen molar-refractivity contribution < 1.29 is 4.79 Å². The minimum atomic E-state index is -0.131. The zero-order valence-corrected chi connectivity index (χ0v) is 12.2. The maximum Gasteiger partial charge on any atom is 0.245 e. The SMILES string of the molecule is CCN(CC)C(=O)C(C)n1ccc2c1CCCC2N. The van der Waals surface area contributed by atoms with Crippen LogP contribution in [0.15, 0.2) is 12.3 Å². The average Bonchev–Trinajstić information content (AvgIpc) is 2.84. The molecule has 1 heterocycles. The van der Waals surface area contributed by atoms with Crippen LogP contribution in [0, 0.1) is 0 Å². The molecule has 0 radical (unpaired) electrons. The molecule has 1 aromatic rings. The topological polar surface area (TPSA) is 51.3 Å². The minimum absolute atomic E-state index is 0.131. The van der Waals surface area contributed by atoms with E-state index in [1.807, 2.05) is 31.9 Å². The molecule has 1 aromatic heterocycles. The Balaban J connectivity index is 2.25. The van der Waals surface area contributed by atoms with Gasteiger partial charge < -0.3 is 15.2 Å². The molecule has 2 N–H and O–H groups in total. The summed E-state index contributed by atoms with van der Waals surface area (Å²) in [5.41, 5.74) is 8.62. The second-order valence-corrected chi connectivity index (χ2v) is 5.31. The van der Waals surface area contributed by atoms with Crippen LogP contribution >= 0.6 is 0 Å². The monoisotopic (exact) mass is 263 g/mol. The van der Waals surface area contributed by atoms with E-state index in [2.05, 4.69) is 10.6 Å². The van der Waals surface area contributed by atoms with Crippen LogP contribution in [0.1, 0.15) is 57.0 Å². The molecule has 2 unspecified atom stereocenters. The Hall–Kier alpha value is -1.29. The predicted octanol–water partition coefficient (Wildman–Crippen LogP) is 2.25. The van der Waals surface area contributed by atoms with E-state index < -0.39 is 0 Å². The number of nitrogens with zero attached hydrogens (tertiary/aromatic N) is 2. The van der Waals surface area contributed by atoms with E-state index in [4.69, 9.17) is 5.73 Å². The highest BCUT2D eigenvalue weighted by Gasteiger charge is 2.26. The summed E-state index contributed by atoms with van der Waals surface area (Å²) in [7, 11) is 0. The summed E-state index contributed by atoms with van der Waals surface area (Å²) in [5, 5.41) is 0. The number of aromatic nitrogens is 1. The largest absolute Gasteiger partial charge is 0.341 e. The fourth-order valence-corrected chi connectivity index (χ4v) is 3.03. The lowest BCUT2D eigenvalue weighted by Gasteiger charge is -2.27. The van der Waals surface area contributed by atoms with E-state index in [1.54, 1.807) is 0 Å². The van der Waals surface area contributed by atoms with Gasteiger partial charge in [-0.15, -0.1) is 0 Å². The lowest BCUT2D eigenvalue weighted by Crippen LogP contribution is -2.36. The Morgan fingerprint density at radius 2 is 2.21 bits per heavy atom. The van der Waals surface area contributed by atoms with Crippen LogP contribution in [0.4, 0.5) is 0 Å². The van der Waals surface area contributed by atoms with Crippen molar-refractivity contribution in [2.75, 3.05) is 13.1 Å². The molecule has 0 saturated heterocycles. The fraction of sp³-hybridized carbons (Fsp3) is 0.667. The van der Waals surface area contributed by atoms with Crippen molar-refractivity contribution in [1.82, 2.24) is 9.47 Å². The van der Waals surface area contributed by atoms with Gasteiger partial charge in [0.15, 0.2) is 0 Å². The summed E-state index contributed by atoms with van der Waals surface area (Å²) in [5.74, 6) is 0.197. The number of likely N-dealkylation sites (N-methyl/N-ethyl adjacent to an activating group) is 1. The molecule has 106 valence electrons. The Morgan fingerprint density at radius 3 is 2.84 bits per heavy atom. The Labute approximate surface area is 115 Å². The maximum atomic E-state index is 12.4. The van der Waals surface area contributed by atoms with Crippen LogP contribution in [-0.2, 0) is 11.2 Å². The molecule has 0 aromatic carbocycles. The number of nitrogens with two attached hydrogens (primary N) is 1. The van der Waals surface area contributed by atoms with Crippen LogP contribution < -0.4 is 5.73 Å². The highest BCUT2D eigenvalue weighted by molar-refractivity contribution is 5.80. The first-order valence-corrected chi connectivity index (χ1v) is 7.34. The summed E-state index contributed by atoms with van der Waals surface area (Å²) < 4.78 is 2.12. The van der Waals surface area contributed by atoms with E-state index in [0.717, 1.165) is 32.4 Å². The van der Waals surface area contributed by atoms with Crippen LogP contribution in [0.2, 0.25) is 0 Å². The van der Waals surface area contributed by atoms with E-state index in [9.17, 15) is 4.79 Å². The van der Waals surface area contributed by atoms with E-state index >= 15 is 0 Å². The van der Waals surface area contributed by atoms with Crippen molar-refractivity contribution >= 4 is 5.91 Å². The molecule has 2 rings (SSSR count). The second-order valence-electron chi connectivity index (χ2n) is 5.31. The maximum absolute atomic E-state index is 12.4. The first-order chi connectivity index (χ1) is 9.10. The van der Waals surface area contributed by atoms with Gasteiger partial charge in [-0.1, -0.05) is 0 Å². The number of amides is 1. The zero-order valence-electron chi connectivity index (χ0n) is 12.2. The quantitative estimate of drug-likeness (QED) is 0.906. The third-order valence-electron chi connectivity index (χ3n) is 4.24. The Morgan fingerprint density at radius 1 is 1.53 bits per heavy atom. The molecule has 0 bridgehead atoms. The molecular weight excluding hydrogens is 238 g/mol. The second kappa shape index (κ2) is 5.78. The zero-order chi connectivity index (χ0) is 14.0. The minimum Gasteiger partial charge on any atom is -0.341 e. The molecule has 0 aliphatic heterocycles. The summed E-state index contributed by atoms with van der Waals surface area (Å²) in [6, 6.07) is 2.10. The molecule has 1 aliphatic rings. The van der Waals surface area contributed by atoms with Crippen LogP contribution in [0.5, 0.6) is 0 Å². The summed E-state index contributed by atoms with van der Waals surface area (Å²) >= 11 is 0. The first-order valence-electron chi connectivity index (χ1n) is 7.34. The summed E-state index contributed by atoms with van der Waals surface area (Å²) in [6.07, 6.45) is 5.23. The molecule has 1 amide bonds. The summed E-state index contributed by atoms with van der Waals surface area (Å²) in [4.78, 5) is 14.3. The van der Waals surface area contributed by atoms with Crippen LogP contribution in [-0.4, -0.2) is 28.5 Å². The molecule has 4 nitrogen and oxygen atoms in total. The number of fused-ring (bicyclic) bond motifs is 1. The van der Waals surface area contributed by atoms with Crippen LogP contribution in [0.25, 0.3) is 0 Å². The molecule has 1 aliphatic carbocycles. The third kappa shape index (κ3) is 2.54. The van der Waals surface area contributed by atoms with Gasteiger partial charge >= 0.3 is 0 Å². The number of hydrogen-bond donors (Lipinski definition) is 1. The Bertz CT molecular complexity index is 448. The van der Waals surface area contributed by atoms with Gasteiger partial charge in [0.1, 0.15) is 6.04 Å². The van der Waals surface area contributed by atoms with Crippen molar-refractivity contribution in [1.29, 1.82) is 0 Å². The third-order valence-corrected chi connectivity index (χ3v) is 4.24. The van der Waals surface area contributed by atoms with E-state index in [0.29, 0.717) is 0 Å². The molecule has 4 heteroatoms. The van der Waals surface area contributed by atoms with E-state index in [-0.39, 0.29) is 18.0 Å². The van der Waals surface area contributed by atoms with Gasteiger partial charge in [-0.25, -0.2) is 0 Å². The highest BCUT2D eigenvalue weighted by atomic mass is 16.2. The molecule has 0 saturated carbocycles. The predicted molar refractivity (Wildman–Crippen MR) is 76.9 cm³/mol. The van der Waals surface area contributed by atoms with Crippen LogP contribution in [0.3, 0.4) is 0 Å².